The highest BCUT2D eigenvalue weighted by molar-refractivity contribution is 5.78. The predicted molar refractivity (Wildman–Crippen MR) is 123 cm³/mol. The number of ether oxygens (including phenoxy) is 1. The number of rotatable bonds is 9. The summed E-state index contributed by atoms with van der Waals surface area (Å²) >= 11 is 0. The number of hydrogen-bond donors (Lipinski definition) is 2. The summed E-state index contributed by atoms with van der Waals surface area (Å²) in [5, 5.41) is 13.2. The van der Waals surface area contributed by atoms with Gasteiger partial charge < -0.3 is 25.0 Å². The number of nitrogens with zero attached hydrogens (tertiary/aromatic N) is 4. The van der Waals surface area contributed by atoms with Gasteiger partial charge in [0.05, 0.1) is 25.3 Å². The molecule has 1 atom stereocenters. The molecule has 4 rings (SSSR count). The lowest BCUT2D eigenvalue weighted by atomic mass is 10.0. The lowest BCUT2D eigenvalue weighted by molar-refractivity contribution is -0.144. The second kappa shape index (κ2) is 10.5. The highest BCUT2D eigenvalue weighted by Crippen LogP contribution is 2.30. The van der Waals surface area contributed by atoms with Crippen LogP contribution < -0.4 is 5.32 Å². The van der Waals surface area contributed by atoms with E-state index in [2.05, 4.69) is 22.4 Å². The van der Waals surface area contributed by atoms with E-state index in [-0.39, 0.29) is 30.8 Å². The highest BCUT2D eigenvalue weighted by Gasteiger charge is 2.35. The molecule has 4 heterocycles. The normalized spacial score (nSPS) is 16.3. The Hall–Kier alpha value is -3.36. The zero-order valence-electron chi connectivity index (χ0n) is 19.0. The van der Waals surface area contributed by atoms with Gasteiger partial charge in [-0.3, -0.25) is 9.78 Å². The van der Waals surface area contributed by atoms with Crippen molar-refractivity contribution < 1.29 is 19.4 Å². The molecule has 0 unspecified atom stereocenters. The number of anilines is 1. The molecule has 9 nitrogen and oxygen atoms in total. The van der Waals surface area contributed by atoms with Crippen LogP contribution in [0.25, 0.3) is 0 Å². The van der Waals surface area contributed by atoms with Gasteiger partial charge in [-0.25, -0.2) is 9.78 Å². The van der Waals surface area contributed by atoms with E-state index in [1.165, 1.54) is 11.8 Å². The van der Waals surface area contributed by atoms with E-state index in [9.17, 15) is 14.7 Å². The Morgan fingerprint density at radius 3 is 3.00 bits per heavy atom. The second-order valence-electron chi connectivity index (χ2n) is 8.41. The molecule has 176 valence electrons. The van der Waals surface area contributed by atoms with Crippen LogP contribution in [0.5, 0.6) is 5.75 Å². The van der Waals surface area contributed by atoms with Crippen LogP contribution in [-0.4, -0.2) is 69.7 Å². The first kappa shape index (κ1) is 22.8. The largest absolute Gasteiger partial charge is 0.506 e. The van der Waals surface area contributed by atoms with Crippen molar-refractivity contribution in [1.82, 2.24) is 19.8 Å². The van der Waals surface area contributed by atoms with Crippen molar-refractivity contribution in [2.24, 2.45) is 0 Å². The molecule has 2 aliphatic heterocycles. The third kappa shape index (κ3) is 5.53. The molecule has 9 heteroatoms. The van der Waals surface area contributed by atoms with Crippen molar-refractivity contribution in [2.45, 2.75) is 45.1 Å². The average molecular weight is 454 g/mol. The second-order valence-corrected chi connectivity index (χ2v) is 8.41. The molecule has 2 N–H and O–H groups in total. The number of carbonyl (C=O) groups is 2. The molecular formula is C24H31N5O4. The summed E-state index contributed by atoms with van der Waals surface area (Å²) in [4.78, 5) is 37.6. The van der Waals surface area contributed by atoms with Gasteiger partial charge >= 0.3 is 12.0 Å². The topological polar surface area (TPSA) is 108 Å². The lowest BCUT2D eigenvalue weighted by Gasteiger charge is -2.27. The van der Waals surface area contributed by atoms with E-state index in [0.717, 1.165) is 43.7 Å². The molecule has 33 heavy (non-hydrogen) atoms. The van der Waals surface area contributed by atoms with Crippen LogP contribution in [0.4, 0.5) is 10.6 Å². The minimum atomic E-state index is -0.533. The Morgan fingerprint density at radius 2 is 2.18 bits per heavy atom. The molecule has 2 amide bonds. The van der Waals surface area contributed by atoms with Crippen LogP contribution in [0.15, 0.2) is 30.6 Å². The van der Waals surface area contributed by atoms with Gasteiger partial charge in [-0.1, -0.05) is 6.07 Å². The third-order valence-corrected chi connectivity index (χ3v) is 6.11. The Balaban J connectivity index is 1.38. The van der Waals surface area contributed by atoms with Gasteiger partial charge in [0.2, 0.25) is 0 Å². The van der Waals surface area contributed by atoms with Crippen LogP contribution >= 0.6 is 0 Å². The van der Waals surface area contributed by atoms with Crippen molar-refractivity contribution in [3.8, 4) is 5.75 Å². The van der Waals surface area contributed by atoms with Crippen LogP contribution in [-0.2, 0) is 22.4 Å². The molecule has 0 saturated carbocycles. The molecule has 1 saturated heterocycles. The quantitative estimate of drug-likeness (QED) is 0.562. The number of aryl methyl sites for hydroxylation is 2. The van der Waals surface area contributed by atoms with E-state index in [1.54, 1.807) is 24.1 Å². The fraction of sp³-hybridized carbons (Fsp3) is 0.500. The molecular weight excluding hydrogens is 422 g/mol. The van der Waals surface area contributed by atoms with Crippen molar-refractivity contribution in [3.63, 3.8) is 0 Å². The maximum Gasteiger partial charge on any atom is 0.320 e. The average Bonchev–Trinajstić information content (AvgIpc) is 3.17. The van der Waals surface area contributed by atoms with Gasteiger partial charge in [0.1, 0.15) is 11.6 Å². The van der Waals surface area contributed by atoms with E-state index in [0.29, 0.717) is 25.2 Å². The predicted octanol–water partition coefficient (Wildman–Crippen LogP) is 2.91. The van der Waals surface area contributed by atoms with E-state index in [1.807, 2.05) is 4.90 Å². The Morgan fingerprint density at radius 1 is 1.30 bits per heavy atom. The summed E-state index contributed by atoms with van der Waals surface area (Å²) in [6.07, 6.45) is 6.73. The molecule has 2 aromatic heterocycles. The maximum atomic E-state index is 13.2. The molecule has 1 fully saturated rings. The first-order chi connectivity index (χ1) is 16.0. The number of esters is 1. The number of pyridine rings is 2. The SMILES string of the molecule is CCOC(=O)C[C@@H](c1cncc(O)c1)N1CCN(CCCc2ccc3c(n2)NCCC3)C1=O. The lowest BCUT2D eigenvalue weighted by Crippen LogP contribution is -2.36. The van der Waals surface area contributed by atoms with Gasteiger partial charge in [0.25, 0.3) is 0 Å². The number of aromatic nitrogens is 2. The monoisotopic (exact) mass is 453 g/mol. The van der Waals surface area contributed by atoms with Gasteiger partial charge in [0, 0.05) is 38.1 Å². The molecule has 0 bridgehead atoms. The molecule has 0 aromatic carbocycles. The fourth-order valence-electron chi connectivity index (χ4n) is 4.47. The minimum absolute atomic E-state index is 0.00287. The number of amides is 2. The highest BCUT2D eigenvalue weighted by atomic mass is 16.5. The van der Waals surface area contributed by atoms with Crippen LogP contribution in [0.2, 0.25) is 0 Å². The third-order valence-electron chi connectivity index (χ3n) is 6.11. The van der Waals surface area contributed by atoms with Gasteiger partial charge in [-0.05, 0) is 55.9 Å². The van der Waals surface area contributed by atoms with Crippen LogP contribution in [0.3, 0.4) is 0 Å². The van der Waals surface area contributed by atoms with Crippen LogP contribution in [0, 0.1) is 0 Å². The Labute approximate surface area is 193 Å². The number of fused-ring (bicyclic) bond motifs is 1. The zero-order chi connectivity index (χ0) is 23.2. The minimum Gasteiger partial charge on any atom is -0.506 e. The molecule has 0 radical (unpaired) electrons. The van der Waals surface area contributed by atoms with E-state index >= 15 is 0 Å². The summed E-state index contributed by atoms with van der Waals surface area (Å²) in [6.45, 7) is 4.69. The maximum absolute atomic E-state index is 13.2. The number of urea groups is 1. The summed E-state index contributed by atoms with van der Waals surface area (Å²) in [7, 11) is 0. The summed E-state index contributed by atoms with van der Waals surface area (Å²) in [5.74, 6) is 0.602. The van der Waals surface area contributed by atoms with Crippen LogP contribution in [0.1, 0.15) is 49.0 Å². The number of hydrogen-bond acceptors (Lipinski definition) is 7. The summed E-state index contributed by atoms with van der Waals surface area (Å²) in [5.41, 5.74) is 2.91. The number of aromatic hydroxyl groups is 1. The van der Waals surface area contributed by atoms with Gasteiger partial charge in [-0.15, -0.1) is 0 Å². The Kier molecular flexibility index (Phi) is 7.26. The van der Waals surface area contributed by atoms with E-state index < -0.39 is 6.04 Å². The molecule has 0 spiro atoms. The smallest absolute Gasteiger partial charge is 0.320 e. The Bertz CT molecular complexity index is 999. The fourth-order valence-corrected chi connectivity index (χ4v) is 4.47. The number of carbonyl (C=O) groups excluding carboxylic acids is 2. The zero-order valence-corrected chi connectivity index (χ0v) is 19.0. The van der Waals surface area contributed by atoms with Gasteiger partial charge in [0.15, 0.2) is 0 Å². The van der Waals surface area contributed by atoms with E-state index in [4.69, 9.17) is 9.72 Å². The molecule has 0 aliphatic carbocycles. The van der Waals surface area contributed by atoms with Crippen molar-refractivity contribution in [3.05, 3.63) is 47.4 Å². The summed E-state index contributed by atoms with van der Waals surface area (Å²) in [6, 6.07) is 5.12. The van der Waals surface area contributed by atoms with Gasteiger partial charge in [-0.2, -0.15) is 0 Å². The van der Waals surface area contributed by atoms with Crippen molar-refractivity contribution in [1.29, 1.82) is 0 Å². The van der Waals surface area contributed by atoms with Crippen molar-refractivity contribution >= 4 is 17.8 Å². The first-order valence-corrected chi connectivity index (χ1v) is 11.6. The summed E-state index contributed by atoms with van der Waals surface area (Å²) < 4.78 is 5.11. The first-order valence-electron chi connectivity index (χ1n) is 11.6. The van der Waals surface area contributed by atoms with Crippen molar-refractivity contribution in [2.75, 3.05) is 38.1 Å². The standard InChI is InChI=1S/C24H31N5O4/c1-2-33-22(31)14-21(18-13-20(30)16-25-15-18)29-12-11-28(24(29)32)10-4-6-19-8-7-17-5-3-9-26-23(17)27-19/h7-8,13,15-16,21,30H,2-6,9-12,14H2,1H3,(H,26,27)/t21-/m0/s1. The molecule has 2 aliphatic rings. The molecule has 2 aromatic rings. The number of nitrogens with one attached hydrogen (secondary N) is 1.